The Morgan fingerprint density at radius 3 is 3.00 bits per heavy atom. The average Bonchev–Trinajstić information content (AvgIpc) is 3.33. The summed E-state index contributed by atoms with van der Waals surface area (Å²) < 4.78 is 2.05. The van der Waals surface area contributed by atoms with Crippen LogP contribution in [-0.4, -0.2) is 31.4 Å². The van der Waals surface area contributed by atoms with Gasteiger partial charge in [-0.15, -0.1) is 28.1 Å². The highest BCUT2D eigenvalue weighted by Crippen LogP contribution is 2.37. The second-order valence-electron chi connectivity index (χ2n) is 7.55. The summed E-state index contributed by atoms with van der Waals surface area (Å²) in [6.07, 6.45) is 5.95. The first-order valence-electron chi connectivity index (χ1n) is 10.4. The molecular formula is C23H20N6OS2. The number of aromatic nitrogens is 4. The van der Waals surface area contributed by atoms with Crippen molar-refractivity contribution in [1.82, 2.24) is 19.7 Å². The zero-order valence-electron chi connectivity index (χ0n) is 17.3. The first-order chi connectivity index (χ1) is 15.7. The molecule has 0 unspecified atom stereocenters. The molecule has 160 valence electrons. The van der Waals surface area contributed by atoms with Gasteiger partial charge in [-0.25, -0.2) is 4.98 Å². The van der Waals surface area contributed by atoms with Gasteiger partial charge in [0.25, 0.3) is 0 Å². The summed E-state index contributed by atoms with van der Waals surface area (Å²) >= 11 is 2.76. The molecule has 1 aliphatic carbocycles. The number of carbonyl (C=O) groups is 1. The quantitative estimate of drug-likeness (QED) is 0.331. The van der Waals surface area contributed by atoms with Crippen LogP contribution in [0.15, 0.2) is 42.1 Å². The van der Waals surface area contributed by atoms with Gasteiger partial charge in [-0.3, -0.25) is 4.79 Å². The van der Waals surface area contributed by atoms with Crippen molar-refractivity contribution >= 4 is 56.1 Å². The highest BCUT2D eigenvalue weighted by molar-refractivity contribution is 7.99. The van der Waals surface area contributed by atoms with E-state index >= 15 is 0 Å². The van der Waals surface area contributed by atoms with Crippen molar-refractivity contribution in [1.29, 1.82) is 5.26 Å². The second kappa shape index (κ2) is 8.73. The van der Waals surface area contributed by atoms with Crippen LogP contribution in [0.1, 0.15) is 28.8 Å². The first-order valence-corrected chi connectivity index (χ1v) is 12.2. The van der Waals surface area contributed by atoms with Crippen molar-refractivity contribution in [2.24, 2.45) is 0 Å². The van der Waals surface area contributed by atoms with Crippen LogP contribution in [0.2, 0.25) is 0 Å². The summed E-state index contributed by atoms with van der Waals surface area (Å²) in [5, 5.41) is 23.2. The third-order valence-electron chi connectivity index (χ3n) is 5.53. The lowest BCUT2D eigenvalue weighted by Gasteiger charge is -2.09. The highest BCUT2D eigenvalue weighted by Gasteiger charge is 2.22. The van der Waals surface area contributed by atoms with E-state index in [0.29, 0.717) is 22.3 Å². The molecule has 0 radical (unpaired) electrons. The van der Waals surface area contributed by atoms with E-state index in [0.717, 1.165) is 53.3 Å². The summed E-state index contributed by atoms with van der Waals surface area (Å²) in [5.41, 5.74) is 4.21. The number of hydrogen-bond acceptors (Lipinski definition) is 7. The Morgan fingerprint density at radius 2 is 2.16 bits per heavy atom. The highest BCUT2D eigenvalue weighted by atomic mass is 32.2. The molecule has 0 atom stereocenters. The van der Waals surface area contributed by atoms with E-state index in [-0.39, 0.29) is 11.7 Å². The fourth-order valence-electron chi connectivity index (χ4n) is 4.13. The summed E-state index contributed by atoms with van der Waals surface area (Å²) in [4.78, 5) is 18.5. The Hall–Kier alpha value is -3.22. The molecule has 0 bridgehead atoms. The normalized spacial score (nSPS) is 13.1. The molecule has 3 aromatic heterocycles. The number of thiophene rings is 1. The van der Waals surface area contributed by atoms with E-state index in [2.05, 4.69) is 33.1 Å². The van der Waals surface area contributed by atoms with Gasteiger partial charge in [-0.05, 0) is 37.3 Å². The molecule has 5 rings (SSSR count). The van der Waals surface area contributed by atoms with E-state index in [9.17, 15) is 10.1 Å². The van der Waals surface area contributed by atoms with Crippen molar-refractivity contribution in [3.8, 4) is 6.07 Å². The lowest BCUT2D eigenvalue weighted by atomic mass is 9.96. The molecule has 0 saturated heterocycles. The van der Waals surface area contributed by atoms with Crippen LogP contribution in [0.4, 0.5) is 5.00 Å². The number of allylic oxidation sites excluding steroid dienone is 1. The molecule has 4 aromatic rings. The minimum Gasteiger partial charge on any atom is -0.320 e. The van der Waals surface area contributed by atoms with Gasteiger partial charge in [-0.1, -0.05) is 36.0 Å². The minimum absolute atomic E-state index is 0.141. The van der Waals surface area contributed by atoms with E-state index in [4.69, 9.17) is 0 Å². The molecule has 1 N–H and O–H groups in total. The fraction of sp³-hybridized carbons (Fsp3) is 0.261. The second-order valence-corrected chi connectivity index (χ2v) is 9.59. The number of para-hydroxylation sites is 1. The Balaban J connectivity index is 1.35. The van der Waals surface area contributed by atoms with Gasteiger partial charge in [-0.2, -0.15) is 5.26 Å². The maximum Gasteiger partial charge on any atom is 0.235 e. The summed E-state index contributed by atoms with van der Waals surface area (Å²) in [6, 6.07) is 10.2. The molecule has 32 heavy (non-hydrogen) atoms. The number of nitriles is 1. The third kappa shape index (κ3) is 3.66. The van der Waals surface area contributed by atoms with Crippen molar-refractivity contribution in [2.45, 2.75) is 37.4 Å². The lowest BCUT2D eigenvalue weighted by Crippen LogP contribution is -2.14. The van der Waals surface area contributed by atoms with Crippen molar-refractivity contribution in [3.05, 3.63) is 52.9 Å². The van der Waals surface area contributed by atoms with Crippen LogP contribution in [0, 0.1) is 11.3 Å². The number of aryl methyl sites for hydroxylation is 1. The number of fused-ring (bicyclic) bond motifs is 4. The van der Waals surface area contributed by atoms with Crippen LogP contribution in [0.5, 0.6) is 0 Å². The number of rotatable bonds is 6. The van der Waals surface area contributed by atoms with Gasteiger partial charge in [0.15, 0.2) is 5.65 Å². The van der Waals surface area contributed by atoms with Crippen LogP contribution >= 0.6 is 23.1 Å². The Morgan fingerprint density at radius 1 is 1.31 bits per heavy atom. The SMILES string of the molecule is C=CCn1c2ccccc2c2nnc(SCC(=O)Nc3sc4c(c3C#N)CCCC4)nc21. The van der Waals surface area contributed by atoms with Crippen molar-refractivity contribution < 1.29 is 4.79 Å². The maximum atomic E-state index is 12.6. The molecule has 0 aliphatic heterocycles. The van der Waals surface area contributed by atoms with E-state index < -0.39 is 0 Å². The van der Waals surface area contributed by atoms with Gasteiger partial charge in [0.05, 0.1) is 16.8 Å². The minimum atomic E-state index is -0.180. The number of thioether (sulfide) groups is 1. The summed E-state index contributed by atoms with van der Waals surface area (Å²) in [6.45, 7) is 4.45. The van der Waals surface area contributed by atoms with Gasteiger partial charge in [0.1, 0.15) is 16.6 Å². The smallest absolute Gasteiger partial charge is 0.235 e. The number of hydrogen-bond donors (Lipinski definition) is 1. The van der Waals surface area contributed by atoms with Gasteiger partial charge in [0.2, 0.25) is 11.1 Å². The number of carbonyl (C=O) groups excluding carboxylic acids is 1. The Labute approximate surface area is 193 Å². The van der Waals surface area contributed by atoms with Gasteiger partial charge >= 0.3 is 0 Å². The molecule has 1 amide bonds. The van der Waals surface area contributed by atoms with Crippen LogP contribution in [0.25, 0.3) is 22.1 Å². The standard InChI is InChI=1S/C23H20N6OS2/c1-2-11-29-17-9-5-3-8-15(17)20-21(29)26-23(28-27-20)31-13-19(30)25-22-16(12-24)14-7-4-6-10-18(14)32-22/h2-3,5,8-9H,1,4,6-7,10-11,13H2,(H,25,30). The molecule has 0 spiro atoms. The van der Waals surface area contributed by atoms with E-state index in [1.165, 1.54) is 28.0 Å². The fourth-order valence-corrected chi connectivity index (χ4v) is 5.97. The molecule has 0 fully saturated rings. The molecule has 1 aromatic carbocycles. The lowest BCUT2D eigenvalue weighted by molar-refractivity contribution is -0.113. The molecule has 0 saturated carbocycles. The molecule has 7 nitrogen and oxygen atoms in total. The zero-order chi connectivity index (χ0) is 22.1. The Kier molecular flexibility index (Phi) is 5.64. The monoisotopic (exact) mass is 460 g/mol. The predicted molar refractivity (Wildman–Crippen MR) is 128 cm³/mol. The maximum absolute atomic E-state index is 12.6. The molecule has 9 heteroatoms. The van der Waals surface area contributed by atoms with Gasteiger partial charge in [0, 0.05) is 16.8 Å². The number of anilines is 1. The van der Waals surface area contributed by atoms with Gasteiger partial charge < -0.3 is 9.88 Å². The van der Waals surface area contributed by atoms with Crippen molar-refractivity contribution in [3.63, 3.8) is 0 Å². The predicted octanol–water partition coefficient (Wildman–Crippen LogP) is 4.71. The molecule has 3 heterocycles. The largest absolute Gasteiger partial charge is 0.320 e. The summed E-state index contributed by atoms with van der Waals surface area (Å²) in [7, 11) is 0. The first kappa shape index (κ1) is 20.7. The zero-order valence-corrected chi connectivity index (χ0v) is 18.9. The summed E-state index contributed by atoms with van der Waals surface area (Å²) in [5.74, 6) is -0.0390. The topological polar surface area (TPSA) is 96.5 Å². The van der Waals surface area contributed by atoms with Crippen LogP contribution in [0.3, 0.4) is 0 Å². The molecular weight excluding hydrogens is 440 g/mol. The number of nitrogens with one attached hydrogen (secondary N) is 1. The van der Waals surface area contributed by atoms with Crippen molar-refractivity contribution in [2.75, 3.05) is 11.1 Å². The number of benzene rings is 1. The van der Waals surface area contributed by atoms with Crippen LogP contribution in [-0.2, 0) is 24.2 Å². The number of amides is 1. The average molecular weight is 461 g/mol. The number of nitrogens with zero attached hydrogens (tertiary/aromatic N) is 5. The third-order valence-corrected chi connectivity index (χ3v) is 7.58. The Bertz CT molecular complexity index is 1400. The van der Waals surface area contributed by atoms with E-state index in [1.54, 1.807) is 0 Å². The van der Waals surface area contributed by atoms with E-state index in [1.807, 2.05) is 34.9 Å². The molecule has 1 aliphatic rings. The van der Waals surface area contributed by atoms with Crippen LogP contribution < -0.4 is 5.32 Å².